The van der Waals surface area contributed by atoms with Gasteiger partial charge in [0.05, 0.1) is 24.3 Å². The van der Waals surface area contributed by atoms with Crippen molar-refractivity contribution >= 4 is 17.7 Å². The minimum Gasteiger partial charge on any atom is -0.478 e. The number of hydrogen-bond acceptors (Lipinski definition) is 5. The van der Waals surface area contributed by atoms with Crippen LogP contribution in [0.3, 0.4) is 0 Å². The number of nitrogens with zero attached hydrogens (tertiary/aromatic N) is 1. The molecule has 0 spiro atoms. The minimum absolute atomic E-state index is 0.161. The van der Waals surface area contributed by atoms with Crippen LogP contribution in [0, 0.1) is 5.92 Å². The number of rotatable bonds is 3. The van der Waals surface area contributed by atoms with Gasteiger partial charge in [-0.15, -0.1) is 0 Å². The van der Waals surface area contributed by atoms with Crippen molar-refractivity contribution in [3.8, 4) is 0 Å². The van der Waals surface area contributed by atoms with Crippen LogP contribution in [0.15, 0.2) is 29.4 Å². The molecule has 0 saturated carbocycles. The molecule has 100 valence electrons. The van der Waals surface area contributed by atoms with Gasteiger partial charge in [-0.25, -0.2) is 9.59 Å². The molecule has 1 heterocycles. The van der Waals surface area contributed by atoms with Crippen LogP contribution in [0.1, 0.15) is 22.8 Å². The SMILES string of the molecule is COC(=O)C1ON=C(c2cccc(C(=O)O)c2)C1C. The quantitative estimate of drug-likeness (QED) is 0.831. The van der Waals surface area contributed by atoms with Crippen molar-refractivity contribution in [3.63, 3.8) is 0 Å². The summed E-state index contributed by atoms with van der Waals surface area (Å²) in [6.45, 7) is 1.78. The number of carbonyl (C=O) groups excluding carboxylic acids is 1. The predicted octanol–water partition coefficient (Wildman–Crippen LogP) is 1.30. The highest BCUT2D eigenvalue weighted by molar-refractivity contribution is 6.06. The van der Waals surface area contributed by atoms with Gasteiger partial charge in [0.2, 0.25) is 6.10 Å². The lowest BCUT2D eigenvalue weighted by Gasteiger charge is -2.12. The molecule has 0 fully saturated rings. The van der Waals surface area contributed by atoms with E-state index in [2.05, 4.69) is 9.89 Å². The molecule has 1 aliphatic rings. The summed E-state index contributed by atoms with van der Waals surface area (Å²) in [4.78, 5) is 27.4. The molecule has 1 aromatic carbocycles. The maximum Gasteiger partial charge on any atom is 0.350 e. The Morgan fingerprint density at radius 3 is 2.79 bits per heavy atom. The van der Waals surface area contributed by atoms with E-state index in [-0.39, 0.29) is 11.5 Å². The molecule has 0 aromatic heterocycles. The van der Waals surface area contributed by atoms with Crippen molar-refractivity contribution < 1.29 is 24.3 Å². The van der Waals surface area contributed by atoms with Crippen LogP contribution in [0.4, 0.5) is 0 Å². The highest BCUT2D eigenvalue weighted by atomic mass is 16.7. The molecule has 0 aliphatic carbocycles. The van der Waals surface area contributed by atoms with Crippen LogP contribution in [0.2, 0.25) is 0 Å². The zero-order valence-electron chi connectivity index (χ0n) is 10.5. The van der Waals surface area contributed by atoms with Crippen LogP contribution in [0.5, 0.6) is 0 Å². The first kappa shape index (κ1) is 13.1. The van der Waals surface area contributed by atoms with E-state index >= 15 is 0 Å². The van der Waals surface area contributed by atoms with Gasteiger partial charge in [-0.05, 0) is 12.1 Å². The number of carboxylic acids is 1. The van der Waals surface area contributed by atoms with Gasteiger partial charge < -0.3 is 14.7 Å². The third-order valence-corrected chi connectivity index (χ3v) is 2.99. The summed E-state index contributed by atoms with van der Waals surface area (Å²) in [6.07, 6.45) is -0.784. The Morgan fingerprint density at radius 1 is 1.42 bits per heavy atom. The number of carboxylic acid groups (broad SMARTS) is 1. The molecule has 0 saturated heterocycles. The van der Waals surface area contributed by atoms with Crippen molar-refractivity contribution in [1.82, 2.24) is 0 Å². The highest BCUT2D eigenvalue weighted by Gasteiger charge is 2.37. The molecule has 2 unspecified atom stereocenters. The predicted molar refractivity (Wildman–Crippen MR) is 66.0 cm³/mol. The Bertz CT molecular complexity index is 552. The van der Waals surface area contributed by atoms with E-state index < -0.39 is 18.0 Å². The van der Waals surface area contributed by atoms with E-state index in [1.54, 1.807) is 19.1 Å². The van der Waals surface area contributed by atoms with E-state index in [0.29, 0.717) is 11.3 Å². The number of carbonyl (C=O) groups is 2. The lowest BCUT2D eigenvalue weighted by atomic mass is 9.93. The largest absolute Gasteiger partial charge is 0.478 e. The van der Waals surface area contributed by atoms with Crippen molar-refractivity contribution in [2.45, 2.75) is 13.0 Å². The fourth-order valence-corrected chi connectivity index (χ4v) is 1.92. The summed E-state index contributed by atoms with van der Waals surface area (Å²) < 4.78 is 4.62. The van der Waals surface area contributed by atoms with E-state index in [1.807, 2.05) is 0 Å². The standard InChI is InChI=1S/C13H13NO5/c1-7-10(14-19-11(7)13(17)18-2)8-4-3-5-9(6-8)12(15)16/h3-7,11H,1-2H3,(H,15,16). The normalized spacial score (nSPS) is 21.5. The molecule has 0 amide bonds. The molecule has 2 rings (SSSR count). The van der Waals surface area contributed by atoms with Crippen molar-refractivity contribution in [2.24, 2.45) is 11.1 Å². The van der Waals surface area contributed by atoms with Crippen LogP contribution < -0.4 is 0 Å². The fourth-order valence-electron chi connectivity index (χ4n) is 1.92. The number of methoxy groups -OCH3 is 1. The van der Waals surface area contributed by atoms with E-state index in [9.17, 15) is 9.59 Å². The first-order valence-corrected chi connectivity index (χ1v) is 5.70. The zero-order valence-corrected chi connectivity index (χ0v) is 10.5. The summed E-state index contributed by atoms with van der Waals surface area (Å²) in [5.41, 5.74) is 1.33. The lowest BCUT2D eigenvalue weighted by Crippen LogP contribution is -2.30. The van der Waals surface area contributed by atoms with Gasteiger partial charge in [0, 0.05) is 5.56 Å². The Kier molecular flexibility index (Phi) is 3.50. The second-order valence-corrected chi connectivity index (χ2v) is 4.20. The molecule has 0 bridgehead atoms. The average molecular weight is 263 g/mol. The molecule has 2 atom stereocenters. The first-order chi connectivity index (χ1) is 9.04. The van der Waals surface area contributed by atoms with Gasteiger partial charge in [0.25, 0.3) is 0 Å². The summed E-state index contributed by atoms with van der Waals surface area (Å²) >= 11 is 0. The number of hydrogen-bond donors (Lipinski definition) is 1. The molecule has 19 heavy (non-hydrogen) atoms. The Labute approximate surface area is 109 Å². The maximum absolute atomic E-state index is 11.5. The molecule has 1 aromatic rings. The highest BCUT2D eigenvalue weighted by Crippen LogP contribution is 2.24. The van der Waals surface area contributed by atoms with Gasteiger partial charge in [-0.2, -0.15) is 0 Å². The minimum atomic E-state index is -1.02. The Hall–Kier alpha value is -2.37. The van der Waals surface area contributed by atoms with Gasteiger partial charge >= 0.3 is 11.9 Å². The Morgan fingerprint density at radius 2 is 2.16 bits per heavy atom. The molecule has 6 heteroatoms. The van der Waals surface area contributed by atoms with Gasteiger partial charge in [-0.1, -0.05) is 24.2 Å². The van der Waals surface area contributed by atoms with Crippen molar-refractivity contribution in [1.29, 1.82) is 0 Å². The van der Waals surface area contributed by atoms with E-state index in [1.165, 1.54) is 19.2 Å². The number of ether oxygens (including phenoxy) is 1. The molecular formula is C13H13NO5. The van der Waals surface area contributed by atoms with Crippen LogP contribution in [-0.2, 0) is 14.4 Å². The van der Waals surface area contributed by atoms with E-state index in [0.717, 1.165) is 0 Å². The maximum atomic E-state index is 11.5. The molecule has 1 N–H and O–H groups in total. The topological polar surface area (TPSA) is 85.2 Å². The van der Waals surface area contributed by atoms with E-state index in [4.69, 9.17) is 9.94 Å². The molecule has 6 nitrogen and oxygen atoms in total. The molecule has 1 aliphatic heterocycles. The van der Waals surface area contributed by atoms with Crippen molar-refractivity contribution in [3.05, 3.63) is 35.4 Å². The smallest absolute Gasteiger partial charge is 0.350 e. The van der Waals surface area contributed by atoms with Gasteiger partial charge in [0.15, 0.2) is 0 Å². The number of benzene rings is 1. The monoisotopic (exact) mass is 263 g/mol. The van der Waals surface area contributed by atoms with Gasteiger partial charge in [-0.3, -0.25) is 0 Å². The third-order valence-electron chi connectivity index (χ3n) is 2.99. The third kappa shape index (κ3) is 2.42. The summed E-state index contributed by atoms with van der Waals surface area (Å²) in [7, 11) is 1.28. The Balaban J connectivity index is 2.26. The average Bonchev–Trinajstić information content (AvgIpc) is 2.80. The van der Waals surface area contributed by atoms with Gasteiger partial charge in [0.1, 0.15) is 0 Å². The van der Waals surface area contributed by atoms with Crippen LogP contribution in [-0.4, -0.2) is 36.0 Å². The zero-order chi connectivity index (χ0) is 14.0. The summed E-state index contributed by atoms with van der Waals surface area (Å²) in [5, 5.41) is 12.8. The number of aromatic carboxylic acids is 1. The number of esters is 1. The molecular weight excluding hydrogens is 250 g/mol. The van der Waals surface area contributed by atoms with Crippen molar-refractivity contribution in [2.75, 3.05) is 7.11 Å². The fraction of sp³-hybridized carbons (Fsp3) is 0.308. The lowest BCUT2D eigenvalue weighted by molar-refractivity contribution is -0.154. The van der Waals surface area contributed by atoms with Crippen LogP contribution in [0.25, 0.3) is 0 Å². The number of oxime groups is 1. The second-order valence-electron chi connectivity index (χ2n) is 4.20. The second kappa shape index (κ2) is 5.09. The summed E-state index contributed by atoms with van der Waals surface area (Å²) in [5.74, 6) is -1.81. The first-order valence-electron chi connectivity index (χ1n) is 5.70. The van der Waals surface area contributed by atoms with Crippen LogP contribution >= 0.6 is 0 Å². The summed E-state index contributed by atoms with van der Waals surface area (Å²) in [6, 6.07) is 6.34. The molecule has 0 radical (unpaired) electrons.